The third-order valence-corrected chi connectivity index (χ3v) is 4.09. The SMILES string of the molecule is COC1CCCC(OC(=O)C(C)C2CNC2)C1. The molecular formula is C13H23NO3. The molecule has 0 amide bonds. The minimum atomic E-state index is -0.0294. The van der Waals surface area contributed by atoms with E-state index in [0.29, 0.717) is 5.92 Å². The smallest absolute Gasteiger partial charge is 0.309 e. The van der Waals surface area contributed by atoms with Crippen molar-refractivity contribution in [1.82, 2.24) is 5.32 Å². The third-order valence-electron chi connectivity index (χ3n) is 4.09. The number of rotatable bonds is 4. The van der Waals surface area contributed by atoms with E-state index >= 15 is 0 Å². The summed E-state index contributed by atoms with van der Waals surface area (Å²) in [6, 6.07) is 0. The molecule has 2 rings (SSSR count). The largest absolute Gasteiger partial charge is 0.462 e. The first kappa shape index (κ1) is 12.8. The number of hydrogen-bond acceptors (Lipinski definition) is 4. The highest BCUT2D eigenvalue weighted by molar-refractivity contribution is 5.72. The van der Waals surface area contributed by atoms with Gasteiger partial charge in [-0.3, -0.25) is 4.79 Å². The van der Waals surface area contributed by atoms with Crippen LogP contribution in [0, 0.1) is 11.8 Å². The number of hydrogen-bond donors (Lipinski definition) is 1. The summed E-state index contributed by atoms with van der Waals surface area (Å²) in [5.74, 6) is 0.460. The van der Waals surface area contributed by atoms with Gasteiger partial charge in [0.15, 0.2) is 0 Å². The van der Waals surface area contributed by atoms with Crippen molar-refractivity contribution in [2.24, 2.45) is 11.8 Å². The lowest BCUT2D eigenvalue weighted by Crippen LogP contribution is -2.48. The van der Waals surface area contributed by atoms with Crippen LogP contribution in [0.15, 0.2) is 0 Å². The van der Waals surface area contributed by atoms with Gasteiger partial charge < -0.3 is 14.8 Å². The number of carbonyl (C=O) groups is 1. The van der Waals surface area contributed by atoms with Gasteiger partial charge in [0.05, 0.1) is 12.0 Å². The van der Waals surface area contributed by atoms with Gasteiger partial charge in [-0.2, -0.15) is 0 Å². The molecule has 0 aromatic carbocycles. The average Bonchev–Trinajstić information content (AvgIpc) is 2.27. The minimum absolute atomic E-state index is 0.0270. The van der Waals surface area contributed by atoms with Crippen LogP contribution in [0.5, 0.6) is 0 Å². The third kappa shape index (κ3) is 3.19. The van der Waals surface area contributed by atoms with Crippen molar-refractivity contribution < 1.29 is 14.3 Å². The Morgan fingerprint density at radius 1 is 1.29 bits per heavy atom. The Kier molecular flexibility index (Phi) is 4.40. The highest BCUT2D eigenvalue weighted by atomic mass is 16.5. The molecular weight excluding hydrogens is 218 g/mol. The normalized spacial score (nSPS) is 31.6. The fraction of sp³-hybridized carbons (Fsp3) is 0.923. The summed E-state index contributed by atoms with van der Waals surface area (Å²) in [5.41, 5.74) is 0. The van der Waals surface area contributed by atoms with Gasteiger partial charge in [0.1, 0.15) is 6.10 Å². The van der Waals surface area contributed by atoms with Gasteiger partial charge in [-0.1, -0.05) is 6.92 Å². The van der Waals surface area contributed by atoms with Crippen LogP contribution in [-0.2, 0) is 14.3 Å². The zero-order valence-corrected chi connectivity index (χ0v) is 10.8. The Morgan fingerprint density at radius 2 is 2.00 bits per heavy atom. The molecule has 1 saturated carbocycles. The summed E-state index contributed by atoms with van der Waals surface area (Å²) in [6.45, 7) is 3.87. The predicted molar refractivity (Wildman–Crippen MR) is 64.7 cm³/mol. The van der Waals surface area contributed by atoms with E-state index in [4.69, 9.17) is 9.47 Å². The van der Waals surface area contributed by atoms with E-state index in [1.807, 2.05) is 6.92 Å². The summed E-state index contributed by atoms with van der Waals surface area (Å²) >= 11 is 0. The Labute approximate surface area is 103 Å². The van der Waals surface area contributed by atoms with Gasteiger partial charge in [0.2, 0.25) is 0 Å². The molecule has 98 valence electrons. The Balaban J connectivity index is 1.77. The maximum absolute atomic E-state index is 11.9. The van der Waals surface area contributed by atoms with Crippen molar-refractivity contribution >= 4 is 5.97 Å². The molecule has 3 unspecified atom stereocenters. The summed E-state index contributed by atoms with van der Waals surface area (Å²) < 4.78 is 10.9. The molecule has 2 fully saturated rings. The van der Waals surface area contributed by atoms with E-state index in [-0.39, 0.29) is 24.1 Å². The molecule has 0 radical (unpaired) electrons. The van der Waals surface area contributed by atoms with E-state index in [0.717, 1.165) is 38.8 Å². The summed E-state index contributed by atoms with van der Waals surface area (Å²) in [4.78, 5) is 11.9. The van der Waals surface area contributed by atoms with Crippen molar-refractivity contribution in [1.29, 1.82) is 0 Å². The van der Waals surface area contributed by atoms with Crippen LogP contribution in [0.1, 0.15) is 32.6 Å². The van der Waals surface area contributed by atoms with Crippen LogP contribution < -0.4 is 5.32 Å². The lowest BCUT2D eigenvalue weighted by atomic mass is 9.89. The molecule has 2 aliphatic rings. The van der Waals surface area contributed by atoms with Crippen molar-refractivity contribution in [3.63, 3.8) is 0 Å². The molecule has 17 heavy (non-hydrogen) atoms. The molecule has 0 aromatic heterocycles. The lowest BCUT2D eigenvalue weighted by molar-refractivity contribution is -0.159. The van der Waals surface area contributed by atoms with E-state index in [1.54, 1.807) is 7.11 Å². The van der Waals surface area contributed by atoms with E-state index in [1.165, 1.54) is 0 Å². The molecule has 1 aliphatic heterocycles. The number of ether oxygens (including phenoxy) is 2. The standard InChI is InChI=1S/C13H23NO3/c1-9(10-7-14-8-10)13(15)17-12-5-3-4-11(6-12)16-2/h9-12,14H,3-8H2,1-2H3. The molecule has 4 nitrogen and oxygen atoms in total. The Hall–Kier alpha value is -0.610. The van der Waals surface area contributed by atoms with Crippen molar-refractivity contribution in [2.45, 2.75) is 44.8 Å². The predicted octanol–water partition coefficient (Wildman–Crippen LogP) is 1.34. The second kappa shape index (κ2) is 5.83. The van der Waals surface area contributed by atoms with E-state index in [9.17, 15) is 4.79 Å². The summed E-state index contributed by atoms with van der Waals surface area (Å²) in [7, 11) is 1.73. The first-order chi connectivity index (χ1) is 8.20. The zero-order chi connectivity index (χ0) is 12.3. The van der Waals surface area contributed by atoms with Crippen LogP contribution in [0.2, 0.25) is 0 Å². The van der Waals surface area contributed by atoms with E-state index < -0.39 is 0 Å². The number of nitrogens with one attached hydrogen (secondary N) is 1. The molecule has 4 heteroatoms. The molecule has 0 spiro atoms. The highest BCUT2D eigenvalue weighted by Crippen LogP contribution is 2.25. The van der Waals surface area contributed by atoms with Crippen molar-refractivity contribution in [3.8, 4) is 0 Å². The van der Waals surface area contributed by atoms with Gasteiger partial charge in [-0.05, 0) is 38.3 Å². The number of carbonyl (C=O) groups excluding carboxylic acids is 1. The monoisotopic (exact) mass is 241 g/mol. The quantitative estimate of drug-likeness (QED) is 0.755. The van der Waals surface area contributed by atoms with Crippen LogP contribution in [-0.4, -0.2) is 38.4 Å². The topological polar surface area (TPSA) is 47.6 Å². The summed E-state index contributed by atoms with van der Waals surface area (Å²) in [6.07, 6.45) is 4.36. The van der Waals surface area contributed by atoms with E-state index in [2.05, 4.69) is 5.32 Å². The van der Waals surface area contributed by atoms with Gasteiger partial charge in [-0.25, -0.2) is 0 Å². The average molecular weight is 241 g/mol. The first-order valence-corrected chi connectivity index (χ1v) is 6.64. The molecule has 1 heterocycles. The van der Waals surface area contributed by atoms with Gasteiger partial charge in [-0.15, -0.1) is 0 Å². The Bertz CT molecular complexity index is 265. The fourth-order valence-corrected chi connectivity index (χ4v) is 2.55. The number of esters is 1. The maximum atomic E-state index is 11.9. The van der Waals surface area contributed by atoms with Crippen LogP contribution in [0.3, 0.4) is 0 Å². The van der Waals surface area contributed by atoms with Crippen molar-refractivity contribution in [2.75, 3.05) is 20.2 Å². The fourth-order valence-electron chi connectivity index (χ4n) is 2.55. The molecule has 1 saturated heterocycles. The molecule has 1 aliphatic carbocycles. The van der Waals surface area contributed by atoms with Crippen LogP contribution >= 0.6 is 0 Å². The highest BCUT2D eigenvalue weighted by Gasteiger charge is 2.32. The molecule has 3 atom stereocenters. The number of methoxy groups -OCH3 is 1. The van der Waals surface area contributed by atoms with Crippen LogP contribution in [0.4, 0.5) is 0 Å². The van der Waals surface area contributed by atoms with Crippen LogP contribution in [0.25, 0.3) is 0 Å². The second-order valence-corrected chi connectivity index (χ2v) is 5.29. The summed E-state index contributed by atoms with van der Waals surface area (Å²) in [5, 5.41) is 3.19. The van der Waals surface area contributed by atoms with Gasteiger partial charge in [0, 0.05) is 13.5 Å². The zero-order valence-electron chi connectivity index (χ0n) is 10.8. The lowest BCUT2D eigenvalue weighted by Gasteiger charge is -2.33. The first-order valence-electron chi connectivity index (χ1n) is 6.64. The molecule has 0 aromatic rings. The minimum Gasteiger partial charge on any atom is -0.462 e. The van der Waals surface area contributed by atoms with Gasteiger partial charge >= 0.3 is 5.97 Å². The second-order valence-electron chi connectivity index (χ2n) is 5.29. The Morgan fingerprint density at radius 3 is 2.59 bits per heavy atom. The maximum Gasteiger partial charge on any atom is 0.309 e. The molecule has 0 bridgehead atoms. The van der Waals surface area contributed by atoms with Gasteiger partial charge in [0.25, 0.3) is 0 Å². The van der Waals surface area contributed by atoms with Crippen molar-refractivity contribution in [3.05, 3.63) is 0 Å². The molecule has 1 N–H and O–H groups in total.